The van der Waals surface area contributed by atoms with Crippen LogP contribution in [0.1, 0.15) is 34.0 Å². The van der Waals surface area contributed by atoms with Crippen molar-refractivity contribution in [3.05, 3.63) is 83.2 Å². The van der Waals surface area contributed by atoms with Crippen molar-refractivity contribution >= 4 is 22.9 Å². The topological polar surface area (TPSA) is 109 Å². The first-order valence-corrected chi connectivity index (χ1v) is 10.4. The van der Waals surface area contributed by atoms with E-state index in [1.165, 1.54) is 6.20 Å². The fourth-order valence-corrected chi connectivity index (χ4v) is 3.55. The summed E-state index contributed by atoms with van der Waals surface area (Å²) >= 11 is 0. The lowest BCUT2D eigenvalue weighted by atomic mass is 10.1. The smallest absolute Gasteiger partial charge is 0.340 e. The number of fused-ring (bicyclic) bond motifs is 1. The van der Waals surface area contributed by atoms with Gasteiger partial charge in [0, 0.05) is 17.4 Å². The number of hydrogen-bond donors (Lipinski definition) is 2. The molecular formula is C25H22N4O4. The van der Waals surface area contributed by atoms with Crippen LogP contribution in [0.3, 0.4) is 0 Å². The Hall–Kier alpha value is -4.35. The van der Waals surface area contributed by atoms with Gasteiger partial charge in [0.1, 0.15) is 17.6 Å². The van der Waals surface area contributed by atoms with Crippen LogP contribution in [0.25, 0.3) is 5.52 Å². The number of nitrogens with zero attached hydrogens (tertiary/aromatic N) is 3. The second-order valence-corrected chi connectivity index (χ2v) is 7.25. The van der Waals surface area contributed by atoms with Gasteiger partial charge in [-0.2, -0.15) is 10.4 Å². The molecule has 0 aliphatic heterocycles. The summed E-state index contributed by atoms with van der Waals surface area (Å²) in [4.78, 5) is 12.3. The average Bonchev–Trinajstić information content (AvgIpc) is 3.18. The minimum absolute atomic E-state index is 0.230. The number of rotatable bonds is 7. The van der Waals surface area contributed by atoms with E-state index in [0.717, 1.165) is 0 Å². The van der Waals surface area contributed by atoms with Crippen LogP contribution in [0.15, 0.2) is 60.9 Å². The van der Waals surface area contributed by atoms with Crippen LogP contribution in [0.5, 0.6) is 11.5 Å². The van der Waals surface area contributed by atoms with E-state index in [1.807, 2.05) is 30.3 Å². The highest BCUT2D eigenvalue weighted by atomic mass is 16.5. The molecule has 0 fully saturated rings. The average molecular weight is 442 g/mol. The van der Waals surface area contributed by atoms with Crippen LogP contribution < -0.4 is 10.1 Å². The van der Waals surface area contributed by atoms with Crippen molar-refractivity contribution in [1.29, 1.82) is 5.26 Å². The molecule has 8 heteroatoms. The van der Waals surface area contributed by atoms with Gasteiger partial charge in [0.05, 0.1) is 41.7 Å². The van der Waals surface area contributed by atoms with Crippen molar-refractivity contribution in [3.63, 3.8) is 0 Å². The second kappa shape index (κ2) is 9.42. The minimum atomic E-state index is -0.449. The standard InChI is InChI=1S/C25H22N4O4/c1-3-32-25(31)21-14-29-24(16(21)2)23(18(12-26)13-27-29)28-19-9-10-22(17(11-19)15-30)33-20-7-5-4-6-8-20/h4-11,13-14,28,30H,3,15H2,1-2H3. The quantitative estimate of drug-likeness (QED) is 0.399. The Morgan fingerprint density at radius 2 is 2.03 bits per heavy atom. The highest BCUT2D eigenvalue weighted by Crippen LogP contribution is 2.33. The Kier molecular flexibility index (Phi) is 6.24. The van der Waals surface area contributed by atoms with E-state index in [2.05, 4.69) is 16.5 Å². The van der Waals surface area contributed by atoms with Crippen molar-refractivity contribution in [3.8, 4) is 17.6 Å². The maximum Gasteiger partial charge on any atom is 0.340 e. The van der Waals surface area contributed by atoms with Gasteiger partial charge in [-0.25, -0.2) is 9.31 Å². The number of aliphatic hydroxyl groups excluding tert-OH is 1. The molecule has 2 aromatic carbocycles. The Balaban J connectivity index is 1.73. The molecule has 0 bridgehead atoms. The van der Waals surface area contributed by atoms with Crippen molar-refractivity contribution in [2.45, 2.75) is 20.5 Å². The van der Waals surface area contributed by atoms with Gasteiger partial charge >= 0.3 is 5.97 Å². The first kappa shape index (κ1) is 21.9. The number of para-hydroxylation sites is 1. The van der Waals surface area contributed by atoms with Gasteiger partial charge in [-0.1, -0.05) is 18.2 Å². The largest absolute Gasteiger partial charge is 0.462 e. The summed E-state index contributed by atoms with van der Waals surface area (Å²) < 4.78 is 12.6. The summed E-state index contributed by atoms with van der Waals surface area (Å²) in [6, 6.07) is 16.7. The van der Waals surface area contributed by atoms with Crippen LogP contribution in [-0.4, -0.2) is 27.3 Å². The molecule has 0 saturated carbocycles. The molecule has 0 saturated heterocycles. The molecule has 0 amide bonds. The van der Waals surface area contributed by atoms with Crippen molar-refractivity contribution in [1.82, 2.24) is 9.61 Å². The van der Waals surface area contributed by atoms with Crippen molar-refractivity contribution in [2.75, 3.05) is 11.9 Å². The second-order valence-electron chi connectivity index (χ2n) is 7.25. The Bertz CT molecular complexity index is 1360. The third-order valence-corrected chi connectivity index (χ3v) is 5.14. The number of nitriles is 1. The number of hydrogen-bond acceptors (Lipinski definition) is 7. The fraction of sp³-hybridized carbons (Fsp3) is 0.160. The number of anilines is 2. The van der Waals surface area contributed by atoms with Crippen LogP contribution in [-0.2, 0) is 11.3 Å². The van der Waals surface area contributed by atoms with Crippen LogP contribution in [0.2, 0.25) is 0 Å². The number of benzene rings is 2. The summed E-state index contributed by atoms with van der Waals surface area (Å²) in [6.07, 6.45) is 3.02. The lowest BCUT2D eigenvalue weighted by Gasteiger charge is -2.14. The molecule has 0 aliphatic carbocycles. The number of esters is 1. The van der Waals surface area contributed by atoms with Gasteiger partial charge < -0.3 is 19.9 Å². The molecule has 0 unspecified atom stereocenters. The van der Waals surface area contributed by atoms with Gasteiger partial charge in [-0.05, 0) is 49.7 Å². The van der Waals surface area contributed by atoms with Crippen LogP contribution >= 0.6 is 0 Å². The van der Waals surface area contributed by atoms with Crippen LogP contribution in [0.4, 0.5) is 11.4 Å². The zero-order chi connectivity index (χ0) is 23.4. The maximum atomic E-state index is 12.3. The molecule has 0 aliphatic rings. The molecule has 0 atom stereocenters. The monoisotopic (exact) mass is 442 g/mol. The van der Waals surface area contributed by atoms with Crippen molar-refractivity contribution in [2.24, 2.45) is 0 Å². The summed E-state index contributed by atoms with van der Waals surface area (Å²) in [5.74, 6) is 0.735. The van der Waals surface area contributed by atoms with Gasteiger partial charge in [-0.15, -0.1) is 0 Å². The Labute approximate surface area is 190 Å². The number of aliphatic hydroxyl groups is 1. The molecule has 2 aromatic heterocycles. The number of aryl methyl sites for hydroxylation is 1. The Morgan fingerprint density at radius 3 is 2.73 bits per heavy atom. The third-order valence-electron chi connectivity index (χ3n) is 5.14. The van der Waals surface area contributed by atoms with E-state index in [4.69, 9.17) is 9.47 Å². The van der Waals surface area contributed by atoms with E-state index in [-0.39, 0.29) is 13.2 Å². The minimum Gasteiger partial charge on any atom is -0.462 e. The highest BCUT2D eigenvalue weighted by Gasteiger charge is 2.20. The number of aromatic nitrogens is 2. The van der Waals surface area contributed by atoms with Gasteiger partial charge in [0.25, 0.3) is 0 Å². The first-order valence-electron chi connectivity index (χ1n) is 10.4. The van der Waals surface area contributed by atoms with E-state index < -0.39 is 5.97 Å². The van der Waals surface area contributed by atoms with Gasteiger partial charge in [0.15, 0.2) is 0 Å². The number of carbonyl (C=O) groups excluding carboxylic acids is 1. The number of nitrogens with one attached hydrogen (secondary N) is 1. The van der Waals surface area contributed by atoms with E-state index >= 15 is 0 Å². The van der Waals surface area contributed by atoms with Gasteiger partial charge in [0.2, 0.25) is 0 Å². The normalized spacial score (nSPS) is 10.6. The maximum absolute atomic E-state index is 12.3. The summed E-state index contributed by atoms with van der Waals surface area (Å²) in [6.45, 7) is 3.55. The summed E-state index contributed by atoms with van der Waals surface area (Å²) in [5, 5.41) is 27.1. The van der Waals surface area contributed by atoms with E-state index in [9.17, 15) is 15.2 Å². The first-order chi connectivity index (χ1) is 16.0. The number of ether oxygens (including phenoxy) is 2. The van der Waals surface area contributed by atoms with Crippen molar-refractivity contribution < 1.29 is 19.4 Å². The van der Waals surface area contributed by atoms with Gasteiger partial charge in [-0.3, -0.25) is 0 Å². The molecule has 33 heavy (non-hydrogen) atoms. The predicted octanol–water partition coefficient (Wildman–Crippen LogP) is 4.72. The fourth-order valence-electron chi connectivity index (χ4n) is 3.55. The lowest BCUT2D eigenvalue weighted by molar-refractivity contribution is 0.0525. The lowest BCUT2D eigenvalue weighted by Crippen LogP contribution is -2.04. The molecule has 4 rings (SSSR count). The van der Waals surface area contributed by atoms with E-state index in [1.54, 1.807) is 42.8 Å². The summed E-state index contributed by atoms with van der Waals surface area (Å²) in [7, 11) is 0. The highest BCUT2D eigenvalue weighted by molar-refractivity contribution is 5.97. The molecule has 166 valence electrons. The molecule has 0 radical (unpaired) electrons. The zero-order valence-corrected chi connectivity index (χ0v) is 18.2. The van der Waals surface area contributed by atoms with Crippen LogP contribution in [0, 0.1) is 18.3 Å². The molecule has 4 aromatic rings. The molecule has 8 nitrogen and oxygen atoms in total. The zero-order valence-electron chi connectivity index (χ0n) is 18.2. The summed E-state index contributed by atoms with van der Waals surface area (Å²) in [5.41, 5.74) is 3.65. The number of carbonyl (C=O) groups is 1. The third kappa shape index (κ3) is 4.35. The molecule has 2 heterocycles. The molecular weight excluding hydrogens is 420 g/mol. The molecule has 0 spiro atoms. The SMILES string of the molecule is CCOC(=O)c1cn2ncc(C#N)c(Nc3ccc(Oc4ccccc4)c(CO)c3)c2c1C. The predicted molar refractivity (Wildman–Crippen MR) is 123 cm³/mol. The van der Waals surface area contributed by atoms with E-state index in [0.29, 0.717) is 50.6 Å². The Morgan fingerprint density at radius 1 is 1.24 bits per heavy atom. The molecule has 2 N–H and O–H groups in total.